The molecule has 0 amide bonds. The molecule has 0 saturated carbocycles. The van der Waals surface area contributed by atoms with Crippen LogP contribution in [0.2, 0.25) is 0 Å². The van der Waals surface area contributed by atoms with Crippen LogP contribution in [0.3, 0.4) is 0 Å². The fraction of sp³-hybridized carbons (Fsp3) is 0.632. The van der Waals surface area contributed by atoms with E-state index in [0.29, 0.717) is 0 Å². The van der Waals surface area contributed by atoms with Gasteiger partial charge in [0.2, 0.25) is 0 Å². The predicted octanol–water partition coefficient (Wildman–Crippen LogP) is 4.91. The van der Waals surface area contributed by atoms with Gasteiger partial charge in [0.15, 0.2) is 0 Å². The van der Waals surface area contributed by atoms with Crippen molar-refractivity contribution in [2.45, 2.75) is 74.8 Å². The maximum absolute atomic E-state index is 10.5. The Morgan fingerprint density at radius 2 is 1.33 bits per heavy atom. The van der Waals surface area contributed by atoms with Crippen LogP contribution in [0.4, 0.5) is 0 Å². The van der Waals surface area contributed by atoms with Gasteiger partial charge < -0.3 is 5.11 Å². The number of nitrogens with zero attached hydrogens (tertiary/aromatic N) is 1. The highest BCUT2D eigenvalue weighted by atomic mass is 16.3. The summed E-state index contributed by atoms with van der Waals surface area (Å²) < 4.78 is 0. The third-order valence-electron chi connectivity index (χ3n) is 5.69. The SMILES string of the molecule is C/C(=C(\C)C(C)(C)C(C)(C)O)c1nc(C)c(C)c(C)c1C. The van der Waals surface area contributed by atoms with Crippen LogP contribution < -0.4 is 0 Å². The second kappa shape index (κ2) is 5.57. The Hall–Kier alpha value is -1.15. The summed E-state index contributed by atoms with van der Waals surface area (Å²) in [5, 5.41) is 10.5. The van der Waals surface area contributed by atoms with Gasteiger partial charge in [0, 0.05) is 11.1 Å². The van der Waals surface area contributed by atoms with Gasteiger partial charge in [0.05, 0.1) is 11.3 Å². The summed E-state index contributed by atoms with van der Waals surface area (Å²) in [5.74, 6) is 0. The van der Waals surface area contributed by atoms with Crippen LogP contribution in [-0.2, 0) is 0 Å². The normalized spacial score (nSPS) is 14.2. The van der Waals surface area contributed by atoms with Gasteiger partial charge in [-0.15, -0.1) is 0 Å². The van der Waals surface area contributed by atoms with Crippen molar-refractivity contribution >= 4 is 5.57 Å². The third-order valence-corrected chi connectivity index (χ3v) is 5.69. The van der Waals surface area contributed by atoms with Crippen LogP contribution in [0.25, 0.3) is 5.57 Å². The van der Waals surface area contributed by atoms with Crippen molar-refractivity contribution in [1.29, 1.82) is 0 Å². The maximum atomic E-state index is 10.5. The summed E-state index contributed by atoms with van der Waals surface area (Å²) in [6.45, 7) is 20.6. The maximum Gasteiger partial charge on any atom is 0.0693 e. The van der Waals surface area contributed by atoms with Crippen molar-refractivity contribution in [3.63, 3.8) is 0 Å². The van der Waals surface area contributed by atoms with Crippen LogP contribution in [-0.4, -0.2) is 15.7 Å². The van der Waals surface area contributed by atoms with Crippen molar-refractivity contribution in [2.75, 3.05) is 0 Å². The highest BCUT2D eigenvalue weighted by Gasteiger charge is 2.37. The number of pyridine rings is 1. The van der Waals surface area contributed by atoms with Gasteiger partial charge in [-0.3, -0.25) is 4.98 Å². The Balaban J connectivity index is 3.58. The van der Waals surface area contributed by atoms with Crippen molar-refractivity contribution in [1.82, 2.24) is 4.98 Å². The fourth-order valence-corrected chi connectivity index (χ4v) is 2.54. The molecule has 2 nitrogen and oxygen atoms in total. The minimum atomic E-state index is -0.777. The second-order valence-corrected chi connectivity index (χ2v) is 7.35. The molecular formula is C19H31NO. The molecule has 0 aliphatic heterocycles. The van der Waals surface area contributed by atoms with E-state index in [1.807, 2.05) is 13.8 Å². The zero-order valence-electron chi connectivity index (χ0n) is 15.4. The number of aliphatic hydroxyl groups is 1. The molecule has 0 aliphatic carbocycles. The Labute approximate surface area is 130 Å². The molecule has 1 aromatic rings. The monoisotopic (exact) mass is 289 g/mol. The van der Waals surface area contributed by atoms with Gasteiger partial charge in [0.25, 0.3) is 0 Å². The molecule has 0 unspecified atom stereocenters. The lowest BCUT2D eigenvalue weighted by molar-refractivity contribution is -0.0133. The summed E-state index contributed by atoms with van der Waals surface area (Å²) in [5.41, 5.74) is 7.24. The lowest BCUT2D eigenvalue weighted by atomic mass is 9.70. The molecule has 118 valence electrons. The first-order chi connectivity index (χ1) is 9.32. The van der Waals surface area contributed by atoms with E-state index in [1.165, 1.54) is 27.8 Å². The van der Waals surface area contributed by atoms with Crippen LogP contribution in [0.5, 0.6) is 0 Å². The van der Waals surface area contributed by atoms with Crippen LogP contribution in [0.1, 0.15) is 69.6 Å². The van der Waals surface area contributed by atoms with Crippen molar-refractivity contribution in [3.05, 3.63) is 33.7 Å². The van der Waals surface area contributed by atoms with E-state index in [4.69, 9.17) is 4.98 Å². The number of aromatic nitrogens is 1. The van der Waals surface area contributed by atoms with Crippen LogP contribution >= 0.6 is 0 Å². The van der Waals surface area contributed by atoms with Gasteiger partial charge in [-0.05, 0) is 77.7 Å². The average molecular weight is 289 g/mol. The lowest BCUT2D eigenvalue weighted by Gasteiger charge is -2.39. The minimum absolute atomic E-state index is 0.308. The van der Waals surface area contributed by atoms with Crippen molar-refractivity contribution in [3.8, 4) is 0 Å². The van der Waals surface area contributed by atoms with E-state index in [-0.39, 0.29) is 5.41 Å². The summed E-state index contributed by atoms with van der Waals surface area (Å²) in [6.07, 6.45) is 0. The second-order valence-electron chi connectivity index (χ2n) is 7.35. The molecule has 1 heterocycles. The molecule has 21 heavy (non-hydrogen) atoms. The number of allylic oxidation sites excluding steroid dienone is 1. The Morgan fingerprint density at radius 1 is 0.857 bits per heavy atom. The molecule has 1 aromatic heterocycles. The molecule has 0 spiro atoms. The molecule has 0 saturated heterocycles. The number of hydrogen-bond donors (Lipinski definition) is 1. The molecule has 0 atom stereocenters. The summed E-state index contributed by atoms with van der Waals surface area (Å²) in [7, 11) is 0. The zero-order valence-corrected chi connectivity index (χ0v) is 15.4. The quantitative estimate of drug-likeness (QED) is 0.858. The molecule has 0 fully saturated rings. The molecule has 0 radical (unpaired) electrons. The molecule has 2 heteroatoms. The van der Waals surface area contributed by atoms with Gasteiger partial charge in [-0.25, -0.2) is 0 Å². The summed E-state index contributed by atoms with van der Waals surface area (Å²) >= 11 is 0. The van der Waals surface area contributed by atoms with Crippen molar-refractivity contribution in [2.24, 2.45) is 5.41 Å². The largest absolute Gasteiger partial charge is 0.390 e. The van der Waals surface area contributed by atoms with E-state index < -0.39 is 5.60 Å². The van der Waals surface area contributed by atoms with Gasteiger partial charge in [0.1, 0.15) is 0 Å². The lowest BCUT2D eigenvalue weighted by Crippen LogP contribution is -2.40. The highest BCUT2D eigenvalue weighted by molar-refractivity contribution is 5.69. The van der Waals surface area contributed by atoms with Crippen molar-refractivity contribution < 1.29 is 5.11 Å². The first-order valence-corrected chi connectivity index (χ1v) is 7.67. The van der Waals surface area contributed by atoms with E-state index in [9.17, 15) is 5.11 Å². The first kappa shape index (κ1) is 17.9. The predicted molar refractivity (Wildman–Crippen MR) is 91.5 cm³/mol. The molecule has 0 bridgehead atoms. The van der Waals surface area contributed by atoms with E-state index in [0.717, 1.165) is 11.4 Å². The standard InChI is InChI=1S/C19H31NO/c1-11-12(2)16(6)20-17(13(11)3)14(4)15(5)18(7,8)19(9,10)21/h21H,1-10H3/b15-14-. The number of hydrogen-bond acceptors (Lipinski definition) is 2. The molecule has 1 N–H and O–H groups in total. The van der Waals surface area contributed by atoms with Gasteiger partial charge >= 0.3 is 0 Å². The van der Waals surface area contributed by atoms with Gasteiger partial charge in [-0.1, -0.05) is 19.4 Å². The fourth-order valence-electron chi connectivity index (χ4n) is 2.54. The number of aryl methyl sites for hydroxylation is 1. The molecule has 1 rings (SSSR count). The van der Waals surface area contributed by atoms with E-state index >= 15 is 0 Å². The first-order valence-electron chi connectivity index (χ1n) is 7.67. The van der Waals surface area contributed by atoms with E-state index in [2.05, 4.69) is 55.4 Å². The zero-order chi connectivity index (χ0) is 16.7. The van der Waals surface area contributed by atoms with Crippen LogP contribution in [0, 0.1) is 33.1 Å². The average Bonchev–Trinajstić information content (AvgIpc) is 2.37. The molecular weight excluding hydrogens is 258 g/mol. The van der Waals surface area contributed by atoms with Crippen LogP contribution in [0.15, 0.2) is 5.57 Å². The van der Waals surface area contributed by atoms with E-state index in [1.54, 1.807) is 0 Å². The summed E-state index contributed by atoms with van der Waals surface area (Å²) in [6, 6.07) is 0. The Kier molecular flexibility index (Phi) is 4.74. The third kappa shape index (κ3) is 3.06. The molecule has 0 aromatic carbocycles. The topological polar surface area (TPSA) is 33.1 Å². The minimum Gasteiger partial charge on any atom is -0.390 e. The highest BCUT2D eigenvalue weighted by Crippen LogP contribution is 2.41. The van der Waals surface area contributed by atoms with Gasteiger partial charge in [-0.2, -0.15) is 0 Å². The Bertz CT molecular complexity index is 587. The smallest absolute Gasteiger partial charge is 0.0693 e. The molecule has 0 aliphatic rings. The Morgan fingerprint density at radius 3 is 1.76 bits per heavy atom. The summed E-state index contributed by atoms with van der Waals surface area (Å²) in [4.78, 5) is 4.81. The number of rotatable bonds is 3.